The van der Waals surface area contributed by atoms with Gasteiger partial charge in [-0.25, -0.2) is 14.8 Å². The van der Waals surface area contributed by atoms with Crippen molar-refractivity contribution in [2.75, 3.05) is 25.1 Å². The van der Waals surface area contributed by atoms with E-state index < -0.39 is 11.9 Å². The lowest BCUT2D eigenvalue weighted by Gasteiger charge is -2.32. The van der Waals surface area contributed by atoms with Crippen molar-refractivity contribution < 1.29 is 19.4 Å². The minimum absolute atomic E-state index is 0.0583. The van der Waals surface area contributed by atoms with E-state index in [9.17, 15) is 9.59 Å². The van der Waals surface area contributed by atoms with Crippen molar-refractivity contribution in [1.82, 2.24) is 9.97 Å². The van der Waals surface area contributed by atoms with Gasteiger partial charge in [-0.05, 0) is 31.2 Å². The largest absolute Gasteiger partial charge is 0.481 e. The average molecular weight is 293 g/mol. The van der Waals surface area contributed by atoms with Gasteiger partial charge in [0.25, 0.3) is 0 Å². The number of carboxylic acid groups (broad SMARTS) is 1. The van der Waals surface area contributed by atoms with E-state index in [1.54, 1.807) is 12.3 Å². The third-order valence-electron chi connectivity index (χ3n) is 3.71. The fourth-order valence-electron chi connectivity index (χ4n) is 2.49. The van der Waals surface area contributed by atoms with Gasteiger partial charge < -0.3 is 14.7 Å². The summed E-state index contributed by atoms with van der Waals surface area (Å²) in [5, 5.41) is 8.71. The zero-order valence-corrected chi connectivity index (χ0v) is 12.0. The highest BCUT2D eigenvalue weighted by molar-refractivity contribution is 5.85. The minimum atomic E-state index is -0.740. The molecule has 114 valence electrons. The number of carboxylic acids is 1. The number of aromatic nitrogens is 2. The molecule has 0 aliphatic carbocycles. The molecule has 0 aromatic carbocycles. The van der Waals surface area contributed by atoms with Gasteiger partial charge in [0.1, 0.15) is 5.82 Å². The van der Waals surface area contributed by atoms with Gasteiger partial charge in [-0.15, -0.1) is 0 Å². The summed E-state index contributed by atoms with van der Waals surface area (Å²) in [6.45, 7) is 1.61. The second-order valence-corrected chi connectivity index (χ2v) is 5.09. The summed E-state index contributed by atoms with van der Waals surface area (Å²) in [5.41, 5.74) is 0. The maximum absolute atomic E-state index is 11.4. The molecule has 2 rings (SSSR count). The van der Waals surface area contributed by atoms with Crippen LogP contribution in [0.1, 0.15) is 36.3 Å². The number of nitrogens with zero attached hydrogens (tertiary/aromatic N) is 3. The first-order valence-corrected chi connectivity index (χ1v) is 6.98. The van der Waals surface area contributed by atoms with Gasteiger partial charge in [0, 0.05) is 25.7 Å². The van der Waals surface area contributed by atoms with Gasteiger partial charge >= 0.3 is 11.9 Å². The van der Waals surface area contributed by atoms with Crippen LogP contribution in [0.3, 0.4) is 0 Å². The number of ether oxygens (including phenoxy) is 1. The predicted octanol–water partition coefficient (Wildman–Crippen LogP) is 1.34. The van der Waals surface area contributed by atoms with Crippen molar-refractivity contribution in [3.63, 3.8) is 0 Å². The Morgan fingerprint density at radius 2 is 2.14 bits per heavy atom. The normalized spacial score (nSPS) is 15.8. The fraction of sp³-hybridized carbons (Fsp3) is 0.571. The molecule has 1 aromatic heterocycles. The van der Waals surface area contributed by atoms with Gasteiger partial charge in [-0.1, -0.05) is 0 Å². The zero-order valence-electron chi connectivity index (χ0n) is 12.0. The van der Waals surface area contributed by atoms with Gasteiger partial charge in [-0.2, -0.15) is 0 Å². The van der Waals surface area contributed by atoms with Crippen LogP contribution in [-0.2, 0) is 9.53 Å². The van der Waals surface area contributed by atoms with Crippen LogP contribution in [0.2, 0.25) is 0 Å². The van der Waals surface area contributed by atoms with E-state index in [-0.39, 0.29) is 12.2 Å². The van der Waals surface area contributed by atoms with Crippen LogP contribution in [0.25, 0.3) is 0 Å². The van der Waals surface area contributed by atoms with Crippen LogP contribution in [0.15, 0.2) is 12.3 Å². The second kappa shape index (κ2) is 7.01. The van der Waals surface area contributed by atoms with Crippen LogP contribution < -0.4 is 4.90 Å². The van der Waals surface area contributed by atoms with Crippen LogP contribution in [-0.4, -0.2) is 47.2 Å². The molecule has 1 saturated heterocycles. The first-order valence-electron chi connectivity index (χ1n) is 6.98. The summed E-state index contributed by atoms with van der Waals surface area (Å²) < 4.78 is 4.61. The molecule has 0 saturated carbocycles. The molecule has 7 nitrogen and oxygen atoms in total. The molecule has 1 fully saturated rings. The van der Waals surface area contributed by atoms with E-state index in [4.69, 9.17) is 5.11 Å². The van der Waals surface area contributed by atoms with Gasteiger partial charge in [0.2, 0.25) is 5.82 Å². The van der Waals surface area contributed by atoms with Gasteiger partial charge in [0.05, 0.1) is 7.11 Å². The topological polar surface area (TPSA) is 92.6 Å². The molecule has 1 aliphatic heterocycles. The first kappa shape index (κ1) is 15.2. The highest BCUT2D eigenvalue weighted by Crippen LogP contribution is 2.24. The Morgan fingerprint density at radius 1 is 1.43 bits per heavy atom. The van der Waals surface area contributed by atoms with Gasteiger partial charge in [-0.3, -0.25) is 4.79 Å². The lowest BCUT2D eigenvalue weighted by Crippen LogP contribution is -2.34. The number of rotatable bonds is 5. The highest BCUT2D eigenvalue weighted by Gasteiger charge is 2.21. The molecule has 0 atom stereocenters. The van der Waals surface area contributed by atoms with Crippen molar-refractivity contribution in [3.8, 4) is 0 Å². The van der Waals surface area contributed by atoms with Crippen molar-refractivity contribution in [1.29, 1.82) is 0 Å². The molecule has 1 N–H and O–H groups in total. The maximum Gasteiger partial charge on any atom is 0.376 e. The van der Waals surface area contributed by atoms with Crippen LogP contribution >= 0.6 is 0 Å². The Morgan fingerprint density at radius 3 is 2.76 bits per heavy atom. The number of aliphatic carboxylic acids is 1. The Labute approximate surface area is 123 Å². The summed E-state index contributed by atoms with van der Waals surface area (Å²) in [6.07, 6.45) is 4.37. The molecule has 1 aromatic rings. The number of hydrogen-bond donors (Lipinski definition) is 1. The van der Waals surface area contributed by atoms with E-state index in [0.717, 1.165) is 32.4 Å². The molecule has 0 amide bonds. The van der Waals surface area contributed by atoms with E-state index >= 15 is 0 Å². The van der Waals surface area contributed by atoms with E-state index in [1.165, 1.54) is 7.11 Å². The molecule has 7 heteroatoms. The fourth-order valence-corrected chi connectivity index (χ4v) is 2.49. The van der Waals surface area contributed by atoms with Crippen LogP contribution in [0.4, 0.5) is 5.82 Å². The lowest BCUT2D eigenvalue weighted by atomic mass is 9.92. The van der Waals surface area contributed by atoms with Crippen molar-refractivity contribution in [2.24, 2.45) is 5.92 Å². The molecule has 0 bridgehead atoms. The molecule has 0 radical (unpaired) electrons. The number of methoxy groups -OCH3 is 1. The van der Waals surface area contributed by atoms with E-state index in [1.807, 2.05) is 0 Å². The Balaban J connectivity index is 1.93. The molecule has 1 aliphatic rings. The number of hydrogen-bond acceptors (Lipinski definition) is 6. The van der Waals surface area contributed by atoms with E-state index in [0.29, 0.717) is 11.7 Å². The third-order valence-corrected chi connectivity index (χ3v) is 3.71. The van der Waals surface area contributed by atoms with Crippen molar-refractivity contribution in [3.05, 3.63) is 18.1 Å². The quantitative estimate of drug-likeness (QED) is 0.819. The van der Waals surface area contributed by atoms with Crippen molar-refractivity contribution in [2.45, 2.75) is 25.7 Å². The molecule has 0 spiro atoms. The third kappa shape index (κ3) is 4.14. The molecular formula is C14H19N3O4. The van der Waals surface area contributed by atoms with E-state index in [2.05, 4.69) is 19.6 Å². The smallest absolute Gasteiger partial charge is 0.376 e. The predicted molar refractivity (Wildman–Crippen MR) is 75.2 cm³/mol. The molecule has 21 heavy (non-hydrogen) atoms. The Bertz CT molecular complexity index is 513. The molecular weight excluding hydrogens is 274 g/mol. The average Bonchev–Trinajstić information content (AvgIpc) is 2.52. The number of anilines is 1. The van der Waals surface area contributed by atoms with Crippen molar-refractivity contribution >= 4 is 17.8 Å². The zero-order chi connectivity index (χ0) is 15.2. The molecule has 2 heterocycles. The SMILES string of the molecule is COC(=O)c1nccc(N2CCC(CCC(=O)O)CC2)n1. The summed E-state index contributed by atoms with van der Waals surface area (Å²) in [5.74, 6) is -0.0755. The second-order valence-electron chi connectivity index (χ2n) is 5.09. The van der Waals surface area contributed by atoms with Crippen LogP contribution in [0, 0.1) is 5.92 Å². The maximum atomic E-state index is 11.4. The summed E-state index contributed by atoms with van der Waals surface area (Å²) in [4.78, 5) is 32.2. The summed E-state index contributed by atoms with van der Waals surface area (Å²) >= 11 is 0. The Kier molecular flexibility index (Phi) is 5.08. The van der Waals surface area contributed by atoms with Gasteiger partial charge in [0.15, 0.2) is 0 Å². The lowest BCUT2D eigenvalue weighted by molar-refractivity contribution is -0.137. The number of piperidine rings is 1. The van der Waals surface area contributed by atoms with Crippen LogP contribution in [0.5, 0.6) is 0 Å². The first-order chi connectivity index (χ1) is 10.1. The highest BCUT2D eigenvalue weighted by atomic mass is 16.5. The summed E-state index contributed by atoms with van der Waals surface area (Å²) in [6, 6.07) is 1.77. The number of carbonyl (C=O) groups excluding carboxylic acids is 1. The summed E-state index contributed by atoms with van der Waals surface area (Å²) in [7, 11) is 1.30. The molecule has 0 unspecified atom stereocenters. The minimum Gasteiger partial charge on any atom is -0.481 e. The number of carbonyl (C=O) groups is 2. The Hall–Kier alpha value is -2.18. The standard InChI is InChI=1S/C14H19N3O4/c1-21-14(20)13-15-7-4-11(16-13)17-8-5-10(6-9-17)2-3-12(18)19/h4,7,10H,2-3,5-6,8-9H2,1H3,(H,18,19). The number of esters is 1. The monoisotopic (exact) mass is 293 g/mol.